The predicted molar refractivity (Wildman–Crippen MR) is 114 cm³/mol. The van der Waals surface area contributed by atoms with Gasteiger partial charge in [-0.25, -0.2) is 9.59 Å². The van der Waals surface area contributed by atoms with Crippen LogP contribution in [0.15, 0.2) is 34.9 Å². The number of carbonyl (C=O) groups excluding carboxylic acids is 2. The van der Waals surface area contributed by atoms with E-state index in [2.05, 4.69) is 5.32 Å². The number of rotatable bonds is 5. The van der Waals surface area contributed by atoms with E-state index in [-0.39, 0.29) is 23.1 Å². The molecule has 158 valence electrons. The van der Waals surface area contributed by atoms with Crippen LogP contribution in [0.25, 0.3) is 22.2 Å². The first-order chi connectivity index (χ1) is 14.5. The minimum Gasteiger partial charge on any atom is -0.465 e. The Labute approximate surface area is 174 Å². The second-order valence-corrected chi connectivity index (χ2v) is 7.64. The lowest BCUT2D eigenvalue weighted by Crippen LogP contribution is -2.23. The van der Waals surface area contributed by atoms with Gasteiger partial charge in [0.05, 0.1) is 14.2 Å². The molecule has 0 unspecified atom stereocenters. The van der Waals surface area contributed by atoms with Crippen molar-refractivity contribution < 1.29 is 23.5 Å². The zero-order valence-electron chi connectivity index (χ0n) is 17.5. The summed E-state index contributed by atoms with van der Waals surface area (Å²) in [7, 11) is 4.50. The number of para-hydroxylation sites is 1. The molecule has 3 aromatic rings. The van der Waals surface area contributed by atoms with Gasteiger partial charge in [-0.15, -0.1) is 0 Å². The van der Waals surface area contributed by atoms with E-state index >= 15 is 0 Å². The molecule has 1 fully saturated rings. The summed E-state index contributed by atoms with van der Waals surface area (Å²) in [6, 6.07) is 8.00. The highest BCUT2D eigenvalue weighted by Crippen LogP contribution is 2.40. The molecular weight excluding hydrogens is 384 g/mol. The molecule has 1 N–H and O–H groups in total. The molecule has 7 heteroatoms. The predicted octanol–water partition coefficient (Wildman–Crippen LogP) is 4.76. The van der Waals surface area contributed by atoms with Crippen LogP contribution in [0, 0.1) is 0 Å². The highest BCUT2D eigenvalue weighted by atomic mass is 16.5. The number of aromatic nitrogens is 1. The number of aryl methyl sites for hydroxylation is 1. The van der Waals surface area contributed by atoms with Gasteiger partial charge in [0.2, 0.25) is 5.88 Å². The van der Waals surface area contributed by atoms with Gasteiger partial charge in [0.25, 0.3) is 0 Å². The van der Waals surface area contributed by atoms with Crippen molar-refractivity contribution in [1.82, 2.24) is 4.57 Å². The molecule has 0 bridgehead atoms. The lowest BCUT2D eigenvalue weighted by atomic mass is 9.95. The van der Waals surface area contributed by atoms with E-state index in [1.54, 1.807) is 0 Å². The quantitative estimate of drug-likeness (QED) is 0.611. The van der Waals surface area contributed by atoms with Crippen LogP contribution in [-0.4, -0.2) is 36.8 Å². The first-order valence-corrected chi connectivity index (χ1v) is 10.2. The number of methoxy groups -OCH3 is 2. The Hall–Kier alpha value is -3.22. The van der Waals surface area contributed by atoms with Crippen LogP contribution < -0.4 is 5.32 Å². The van der Waals surface area contributed by atoms with Crippen LogP contribution >= 0.6 is 0 Å². The van der Waals surface area contributed by atoms with Crippen LogP contribution in [0.5, 0.6) is 0 Å². The highest BCUT2D eigenvalue weighted by Gasteiger charge is 2.34. The Morgan fingerprint density at radius 1 is 1.03 bits per heavy atom. The van der Waals surface area contributed by atoms with Crippen molar-refractivity contribution in [1.29, 1.82) is 0 Å². The fourth-order valence-electron chi connectivity index (χ4n) is 4.27. The molecule has 30 heavy (non-hydrogen) atoms. The molecule has 2 heterocycles. The Bertz CT molecular complexity index is 1090. The van der Waals surface area contributed by atoms with Crippen LogP contribution in [0.1, 0.15) is 52.8 Å². The molecule has 1 aliphatic carbocycles. The van der Waals surface area contributed by atoms with Crippen LogP contribution in [0.2, 0.25) is 0 Å². The molecule has 1 aliphatic rings. The lowest BCUT2D eigenvalue weighted by molar-refractivity contribution is 0.0558. The number of hydrogen-bond acceptors (Lipinski definition) is 6. The number of nitrogens with zero attached hydrogens (tertiary/aromatic N) is 1. The van der Waals surface area contributed by atoms with Crippen molar-refractivity contribution in [3.63, 3.8) is 0 Å². The zero-order valence-corrected chi connectivity index (χ0v) is 17.5. The molecule has 0 aliphatic heterocycles. The molecule has 2 aromatic heterocycles. The topological polar surface area (TPSA) is 82.7 Å². The first kappa shape index (κ1) is 20.1. The third kappa shape index (κ3) is 3.44. The van der Waals surface area contributed by atoms with Gasteiger partial charge in [-0.1, -0.05) is 37.5 Å². The Kier molecular flexibility index (Phi) is 5.53. The fraction of sp³-hybridized carbons (Fsp3) is 0.391. The normalized spacial score (nSPS) is 14.6. The second kappa shape index (κ2) is 8.26. The maximum Gasteiger partial charge on any atom is 0.344 e. The Morgan fingerprint density at radius 2 is 1.70 bits per heavy atom. The average Bonchev–Trinajstić information content (AvgIpc) is 3.31. The van der Waals surface area contributed by atoms with Gasteiger partial charge in [-0.3, -0.25) is 0 Å². The molecule has 1 aromatic carbocycles. The standard InChI is InChI=1S/C23H26N2O5/c1-25-13-16(15-11-7-8-12-17(15)25)20-18(22(26)28-2)19(23(27)29-3)21(30-20)24-14-9-5-4-6-10-14/h7-8,11-14,24H,4-6,9-10H2,1-3H3. The van der Waals surface area contributed by atoms with Crippen LogP contribution in [-0.2, 0) is 16.5 Å². The molecule has 0 atom stereocenters. The number of ether oxygens (including phenoxy) is 2. The summed E-state index contributed by atoms with van der Waals surface area (Å²) in [6.07, 6.45) is 7.30. The van der Waals surface area contributed by atoms with E-state index in [9.17, 15) is 9.59 Å². The van der Waals surface area contributed by atoms with Crippen LogP contribution in [0.3, 0.4) is 0 Å². The van der Waals surface area contributed by atoms with Gasteiger partial charge in [-0.05, 0) is 18.9 Å². The minimum absolute atomic E-state index is 0.0813. The summed E-state index contributed by atoms with van der Waals surface area (Å²) >= 11 is 0. The summed E-state index contributed by atoms with van der Waals surface area (Å²) in [4.78, 5) is 25.5. The van der Waals surface area contributed by atoms with E-state index in [4.69, 9.17) is 13.9 Å². The van der Waals surface area contributed by atoms with Crippen molar-refractivity contribution >= 4 is 28.7 Å². The maximum absolute atomic E-state index is 12.8. The summed E-state index contributed by atoms with van der Waals surface area (Å²) in [5.74, 6) is -0.711. The molecule has 0 spiro atoms. The van der Waals surface area contributed by atoms with E-state index in [1.807, 2.05) is 42.1 Å². The molecular formula is C23H26N2O5. The van der Waals surface area contributed by atoms with Crippen molar-refractivity contribution in [3.05, 3.63) is 41.6 Å². The summed E-state index contributed by atoms with van der Waals surface area (Å²) < 4.78 is 18.1. The highest BCUT2D eigenvalue weighted by molar-refractivity contribution is 6.12. The smallest absolute Gasteiger partial charge is 0.344 e. The number of furan rings is 1. The van der Waals surface area contributed by atoms with Crippen molar-refractivity contribution in [3.8, 4) is 11.3 Å². The van der Waals surface area contributed by atoms with E-state index in [0.717, 1.165) is 42.1 Å². The van der Waals surface area contributed by atoms with Gasteiger partial charge in [0.1, 0.15) is 11.1 Å². The molecule has 4 rings (SSSR count). The third-order valence-electron chi connectivity index (χ3n) is 5.77. The third-order valence-corrected chi connectivity index (χ3v) is 5.77. The number of fused-ring (bicyclic) bond motifs is 1. The van der Waals surface area contributed by atoms with E-state index in [0.29, 0.717) is 5.76 Å². The number of hydrogen-bond donors (Lipinski definition) is 1. The number of benzene rings is 1. The fourth-order valence-corrected chi connectivity index (χ4v) is 4.27. The largest absolute Gasteiger partial charge is 0.465 e. The average molecular weight is 410 g/mol. The van der Waals surface area contributed by atoms with E-state index < -0.39 is 11.9 Å². The number of esters is 2. The molecule has 0 amide bonds. The summed E-state index contributed by atoms with van der Waals surface area (Å²) in [6.45, 7) is 0. The zero-order chi connectivity index (χ0) is 21.3. The maximum atomic E-state index is 12.8. The monoisotopic (exact) mass is 410 g/mol. The van der Waals surface area contributed by atoms with Gasteiger partial charge in [0, 0.05) is 35.8 Å². The SMILES string of the molecule is COC(=O)c1c(NC2CCCCC2)oc(-c2cn(C)c3ccccc23)c1C(=O)OC. The summed E-state index contributed by atoms with van der Waals surface area (Å²) in [5, 5.41) is 4.26. The van der Waals surface area contributed by atoms with Gasteiger partial charge >= 0.3 is 11.9 Å². The van der Waals surface area contributed by atoms with Crippen LogP contribution in [0.4, 0.5) is 5.88 Å². The van der Waals surface area contributed by atoms with Gasteiger partial charge in [-0.2, -0.15) is 0 Å². The molecule has 0 saturated heterocycles. The van der Waals surface area contributed by atoms with Crippen molar-refractivity contribution in [2.75, 3.05) is 19.5 Å². The molecule has 7 nitrogen and oxygen atoms in total. The van der Waals surface area contributed by atoms with Crippen molar-refractivity contribution in [2.45, 2.75) is 38.1 Å². The van der Waals surface area contributed by atoms with E-state index in [1.165, 1.54) is 20.6 Å². The minimum atomic E-state index is -0.640. The lowest BCUT2D eigenvalue weighted by Gasteiger charge is -2.22. The Morgan fingerprint density at radius 3 is 2.40 bits per heavy atom. The number of anilines is 1. The Balaban J connectivity index is 1.92. The molecule has 1 saturated carbocycles. The molecule has 0 radical (unpaired) electrons. The second-order valence-electron chi connectivity index (χ2n) is 7.64. The van der Waals surface area contributed by atoms with Gasteiger partial charge in [0.15, 0.2) is 5.76 Å². The number of nitrogens with one attached hydrogen (secondary N) is 1. The van der Waals surface area contributed by atoms with Gasteiger partial charge < -0.3 is 23.8 Å². The first-order valence-electron chi connectivity index (χ1n) is 10.2. The summed E-state index contributed by atoms with van der Waals surface area (Å²) in [5.41, 5.74) is 1.87. The van der Waals surface area contributed by atoms with Crippen molar-refractivity contribution in [2.24, 2.45) is 7.05 Å². The number of carbonyl (C=O) groups is 2.